The Kier molecular flexibility index (Phi) is 5.20. The van der Waals surface area contributed by atoms with Crippen LogP contribution in [-0.2, 0) is 6.42 Å². The number of aliphatic imine (C=N–C) groups is 2. The van der Waals surface area contributed by atoms with Crippen molar-refractivity contribution < 1.29 is 0 Å². The molecule has 0 fully saturated rings. The van der Waals surface area contributed by atoms with Crippen molar-refractivity contribution >= 4 is 61.0 Å². The largest absolute Gasteiger partial charge is 0.278 e. The van der Waals surface area contributed by atoms with Crippen LogP contribution in [0.15, 0.2) is 125 Å². The number of nitrogens with zero attached hydrogens (tertiary/aromatic N) is 3. The number of aryl methyl sites for hydroxylation is 1. The van der Waals surface area contributed by atoms with Crippen molar-refractivity contribution in [3.8, 4) is 0 Å². The van der Waals surface area contributed by atoms with Crippen LogP contribution in [0.25, 0.3) is 38.0 Å². The van der Waals surface area contributed by atoms with E-state index >= 15 is 0 Å². The van der Waals surface area contributed by atoms with E-state index in [4.69, 9.17) is 9.98 Å². The Balaban J connectivity index is 1.43. The average Bonchev–Trinajstić information content (AvgIpc) is 3.42. The number of para-hydroxylation sites is 1. The van der Waals surface area contributed by atoms with Crippen LogP contribution in [0.5, 0.6) is 0 Å². The van der Waals surface area contributed by atoms with Gasteiger partial charge in [-0.2, -0.15) is 0 Å². The minimum absolute atomic E-state index is 0.134. The Labute approximate surface area is 230 Å². The zero-order valence-electron chi connectivity index (χ0n) is 21.3. The second-order valence-electron chi connectivity index (χ2n) is 10.1. The number of allylic oxidation sites excluding steroid dienone is 2. The summed E-state index contributed by atoms with van der Waals surface area (Å²) in [5.74, 6) is 0.708. The molecule has 4 aromatic carbocycles. The molecule has 0 unspecified atom stereocenters. The van der Waals surface area contributed by atoms with Crippen LogP contribution >= 0.6 is 11.3 Å². The van der Waals surface area contributed by atoms with Crippen molar-refractivity contribution in [3.63, 3.8) is 0 Å². The second-order valence-corrected chi connectivity index (χ2v) is 11.2. The van der Waals surface area contributed by atoms with Gasteiger partial charge in [0.25, 0.3) is 0 Å². The Morgan fingerprint density at radius 2 is 1.54 bits per heavy atom. The molecule has 1 aliphatic carbocycles. The maximum absolute atomic E-state index is 5.31. The maximum Gasteiger partial charge on any atom is 0.231 e. The Morgan fingerprint density at radius 1 is 0.744 bits per heavy atom. The van der Waals surface area contributed by atoms with Crippen molar-refractivity contribution in [3.05, 3.63) is 137 Å². The van der Waals surface area contributed by atoms with Crippen LogP contribution in [0.2, 0.25) is 0 Å². The fourth-order valence-electron chi connectivity index (χ4n) is 5.87. The van der Waals surface area contributed by atoms with Crippen molar-refractivity contribution in [1.82, 2.24) is 4.57 Å². The van der Waals surface area contributed by atoms with Crippen molar-refractivity contribution in [2.75, 3.05) is 0 Å². The van der Waals surface area contributed by atoms with E-state index in [9.17, 15) is 0 Å². The number of rotatable bonds is 2. The van der Waals surface area contributed by atoms with Gasteiger partial charge < -0.3 is 0 Å². The van der Waals surface area contributed by atoms with Gasteiger partial charge in [-0.15, -0.1) is 11.3 Å². The highest BCUT2D eigenvalue weighted by molar-refractivity contribution is 7.19. The second kappa shape index (κ2) is 9.04. The van der Waals surface area contributed by atoms with E-state index in [0.717, 1.165) is 40.7 Å². The monoisotopic (exact) mass is 519 g/mol. The summed E-state index contributed by atoms with van der Waals surface area (Å²) in [4.78, 5) is 12.0. The summed E-state index contributed by atoms with van der Waals surface area (Å²) >= 11 is 1.93. The van der Waals surface area contributed by atoms with E-state index in [1.807, 2.05) is 17.4 Å². The van der Waals surface area contributed by atoms with E-state index in [1.165, 1.54) is 31.3 Å². The van der Waals surface area contributed by atoms with Crippen LogP contribution in [0.3, 0.4) is 0 Å². The molecule has 0 saturated heterocycles. The molecule has 6 aromatic rings. The smallest absolute Gasteiger partial charge is 0.231 e. The molecule has 0 N–H and O–H groups in total. The lowest BCUT2D eigenvalue weighted by Gasteiger charge is -2.11. The van der Waals surface area contributed by atoms with Gasteiger partial charge in [-0.05, 0) is 48.2 Å². The van der Waals surface area contributed by atoms with Gasteiger partial charge in [0.1, 0.15) is 0 Å². The summed E-state index contributed by atoms with van der Waals surface area (Å²) in [6.07, 6.45) is 11.1. The predicted octanol–water partition coefficient (Wildman–Crippen LogP) is 8.97. The molecule has 3 heterocycles. The highest BCUT2D eigenvalue weighted by Gasteiger charge is 2.21. The summed E-state index contributed by atoms with van der Waals surface area (Å²) < 4.78 is 3.59. The zero-order valence-corrected chi connectivity index (χ0v) is 22.1. The first kappa shape index (κ1) is 22.4. The van der Waals surface area contributed by atoms with Gasteiger partial charge in [-0.1, -0.05) is 97.1 Å². The summed E-state index contributed by atoms with van der Waals surface area (Å²) in [6, 6.07) is 34.1. The summed E-state index contributed by atoms with van der Waals surface area (Å²) in [6.45, 7) is 0. The molecule has 2 aromatic heterocycles. The first-order valence-electron chi connectivity index (χ1n) is 13.4. The Bertz CT molecular complexity index is 2000. The molecule has 39 heavy (non-hydrogen) atoms. The Hall–Kier alpha value is -4.54. The van der Waals surface area contributed by atoms with Gasteiger partial charge in [0.05, 0.1) is 22.8 Å². The van der Waals surface area contributed by atoms with Gasteiger partial charge in [0.15, 0.2) is 0 Å². The molecular weight excluding hydrogens is 494 g/mol. The first-order valence-corrected chi connectivity index (χ1v) is 14.3. The fraction of sp³-hybridized carbons (Fsp3) is 0.0857. The molecule has 0 radical (unpaired) electrons. The van der Waals surface area contributed by atoms with Crippen LogP contribution in [0.4, 0.5) is 0 Å². The minimum atomic E-state index is -0.134. The first-order chi connectivity index (χ1) is 19.3. The highest BCUT2D eigenvalue weighted by Crippen LogP contribution is 2.41. The van der Waals surface area contributed by atoms with Crippen molar-refractivity contribution in [2.45, 2.75) is 18.9 Å². The molecule has 3 nitrogen and oxygen atoms in total. The quantitative estimate of drug-likeness (QED) is 0.219. The molecule has 0 amide bonds. The van der Waals surface area contributed by atoms with Gasteiger partial charge in [-0.25, -0.2) is 9.98 Å². The lowest BCUT2D eigenvalue weighted by atomic mass is 10.0. The molecule has 2 aliphatic rings. The normalized spacial score (nSPS) is 16.9. The molecule has 8 rings (SSSR count). The third-order valence-electron chi connectivity index (χ3n) is 7.74. The number of hydrogen-bond donors (Lipinski definition) is 0. The number of hydrogen-bond acceptors (Lipinski definition) is 3. The summed E-state index contributed by atoms with van der Waals surface area (Å²) in [5, 5.41) is 3.81. The molecule has 1 aliphatic heterocycles. The predicted molar refractivity (Wildman–Crippen MR) is 166 cm³/mol. The third kappa shape index (κ3) is 3.71. The van der Waals surface area contributed by atoms with Gasteiger partial charge in [0, 0.05) is 31.3 Å². The van der Waals surface area contributed by atoms with E-state index in [1.54, 1.807) is 0 Å². The molecular formula is C35H25N3S. The fourth-order valence-corrected chi connectivity index (χ4v) is 7.09. The van der Waals surface area contributed by atoms with E-state index in [0.29, 0.717) is 5.96 Å². The third-order valence-corrected chi connectivity index (χ3v) is 8.97. The summed E-state index contributed by atoms with van der Waals surface area (Å²) in [5.41, 5.74) is 6.81. The number of thiophene rings is 1. The molecule has 0 bridgehead atoms. The maximum atomic E-state index is 5.31. The zero-order chi connectivity index (χ0) is 25.8. The number of fused-ring (bicyclic) bond motifs is 6. The number of aromatic nitrogens is 1. The minimum Gasteiger partial charge on any atom is -0.278 e. The standard InChI is InChI=1S/C35H25N3S/c1-3-11-23(12-4-1)29-19-20-30(24-13-5-2-6-14-24)37-35(36-29)38-31-17-9-7-15-25(31)27-21-28-26-16-8-10-18-33(26)39-34(28)22-32(27)38/h1-9,11-17,19-22,29H,10,18H2/t29-/m0/s1. The van der Waals surface area contributed by atoms with E-state index in [2.05, 4.69) is 120 Å². The van der Waals surface area contributed by atoms with Crippen molar-refractivity contribution in [1.29, 1.82) is 0 Å². The van der Waals surface area contributed by atoms with Gasteiger partial charge in [-0.3, -0.25) is 4.57 Å². The van der Waals surface area contributed by atoms with Crippen LogP contribution < -0.4 is 0 Å². The molecule has 1 atom stereocenters. The molecule has 0 saturated carbocycles. The molecule has 0 spiro atoms. The van der Waals surface area contributed by atoms with Gasteiger partial charge >= 0.3 is 0 Å². The lowest BCUT2D eigenvalue weighted by molar-refractivity contribution is 0.900. The van der Waals surface area contributed by atoms with Gasteiger partial charge in [0.2, 0.25) is 5.96 Å². The van der Waals surface area contributed by atoms with E-state index < -0.39 is 0 Å². The van der Waals surface area contributed by atoms with E-state index in [-0.39, 0.29) is 6.04 Å². The Morgan fingerprint density at radius 3 is 2.41 bits per heavy atom. The SMILES string of the molecule is C1=Cc2c(sc3cc4c(cc23)c2ccccc2n4C2=N[C@H](c3ccccc3)C=CC(c3ccccc3)=N2)CC1. The van der Waals surface area contributed by atoms with Crippen LogP contribution in [0, 0.1) is 0 Å². The topological polar surface area (TPSA) is 29.6 Å². The summed E-state index contributed by atoms with van der Waals surface area (Å²) in [7, 11) is 0. The molecule has 186 valence electrons. The highest BCUT2D eigenvalue weighted by atomic mass is 32.1. The average molecular weight is 520 g/mol. The number of benzene rings is 4. The molecule has 4 heteroatoms. The van der Waals surface area contributed by atoms with Crippen LogP contribution in [-0.4, -0.2) is 16.2 Å². The lowest BCUT2D eigenvalue weighted by Crippen LogP contribution is -2.12. The van der Waals surface area contributed by atoms with Crippen LogP contribution in [0.1, 0.15) is 34.0 Å². The van der Waals surface area contributed by atoms with Crippen molar-refractivity contribution in [2.24, 2.45) is 9.98 Å².